The summed E-state index contributed by atoms with van der Waals surface area (Å²) < 4.78 is 5.62. The maximum Gasteiger partial charge on any atom is 0.232 e. The molecule has 1 heterocycles. The Morgan fingerprint density at radius 2 is 2.17 bits per heavy atom. The van der Waals surface area contributed by atoms with Crippen LogP contribution in [0.3, 0.4) is 0 Å². The second kappa shape index (κ2) is 5.65. The first-order valence-corrected chi connectivity index (χ1v) is 7.07. The van der Waals surface area contributed by atoms with Gasteiger partial charge in [0.15, 0.2) is 0 Å². The second-order valence-electron chi connectivity index (χ2n) is 4.81. The lowest BCUT2D eigenvalue weighted by Crippen LogP contribution is -2.31. The van der Waals surface area contributed by atoms with E-state index < -0.39 is 0 Å². The van der Waals surface area contributed by atoms with Gasteiger partial charge in [-0.3, -0.25) is 0 Å². The van der Waals surface area contributed by atoms with Gasteiger partial charge in [0.25, 0.3) is 0 Å². The second-order valence-corrected chi connectivity index (χ2v) is 5.86. The topological polar surface area (TPSA) is 30.8 Å². The summed E-state index contributed by atoms with van der Waals surface area (Å²) in [7, 11) is 1.56. The Kier molecular flexibility index (Phi) is 4.17. The Morgan fingerprint density at radius 1 is 1.44 bits per heavy atom. The van der Waals surface area contributed by atoms with Gasteiger partial charge in [0.05, 0.1) is 12.0 Å². The van der Waals surface area contributed by atoms with E-state index in [1.807, 2.05) is 17.8 Å². The van der Waals surface area contributed by atoms with Gasteiger partial charge < -0.3 is 9.57 Å². The van der Waals surface area contributed by atoms with Crippen molar-refractivity contribution >= 4 is 17.7 Å². The van der Waals surface area contributed by atoms with Gasteiger partial charge in [-0.05, 0) is 19.1 Å². The van der Waals surface area contributed by atoms with E-state index in [-0.39, 0.29) is 5.41 Å². The van der Waals surface area contributed by atoms with Crippen molar-refractivity contribution in [2.24, 2.45) is 16.5 Å². The highest BCUT2D eigenvalue weighted by molar-refractivity contribution is 7.99. The fraction of sp³-hybridized carbons (Fsp3) is 0.500. The summed E-state index contributed by atoms with van der Waals surface area (Å²) in [5.74, 6) is 2.11. The molecule has 0 spiro atoms. The quantitative estimate of drug-likeness (QED) is 0.617. The van der Waals surface area contributed by atoms with E-state index in [4.69, 9.17) is 9.57 Å². The van der Waals surface area contributed by atoms with Crippen LogP contribution in [0, 0.1) is 11.3 Å². The number of ether oxygens (including phenoxy) is 1. The largest absolute Gasteiger partial charge is 0.478 e. The highest BCUT2D eigenvalue weighted by atomic mass is 32.2. The molecule has 0 aromatic heterocycles. The monoisotopic (exact) mass is 265 g/mol. The van der Waals surface area contributed by atoms with E-state index in [0.717, 1.165) is 11.7 Å². The van der Waals surface area contributed by atoms with Crippen LogP contribution in [-0.4, -0.2) is 25.4 Å². The molecule has 0 amide bonds. The Morgan fingerprint density at radius 3 is 2.83 bits per heavy atom. The molecule has 1 aliphatic rings. The van der Waals surface area contributed by atoms with Crippen LogP contribution in [0.1, 0.15) is 13.8 Å². The van der Waals surface area contributed by atoms with Crippen LogP contribution < -0.4 is 0 Å². The van der Waals surface area contributed by atoms with Gasteiger partial charge >= 0.3 is 0 Å². The summed E-state index contributed by atoms with van der Waals surface area (Å²) >= 11 is 1.83. The molecule has 1 aromatic rings. The smallest absolute Gasteiger partial charge is 0.232 e. The zero-order valence-electron chi connectivity index (χ0n) is 11.1. The first kappa shape index (κ1) is 13.3. The van der Waals surface area contributed by atoms with Gasteiger partial charge in [-0.15, -0.1) is 11.8 Å². The van der Waals surface area contributed by atoms with Gasteiger partial charge in [-0.25, -0.2) is 0 Å². The van der Waals surface area contributed by atoms with Crippen LogP contribution >= 0.6 is 11.8 Å². The van der Waals surface area contributed by atoms with Crippen LogP contribution in [0.15, 0.2) is 40.4 Å². The molecule has 0 saturated carbocycles. The van der Waals surface area contributed by atoms with Gasteiger partial charge in [-0.2, -0.15) is 0 Å². The molecule has 2 atom stereocenters. The molecule has 1 fully saturated rings. The van der Waals surface area contributed by atoms with Crippen LogP contribution in [0.5, 0.6) is 0 Å². The molecule has 0 N–H and O–H groups in total. The third-order valence-corrected chi connectivity index (χ3v) is 4.85. The van der Waals surface area contributed by atoms with Gasteiger partial charge in [0.1, 0.15) is 7.11 Å². The molecule has 0 bridgehead atoms. The minimum Gasteiger partial charge on any atom is -0.478 e. The predicted molar refractivity (Wildman–Crippen MR) is 74.8 cm³/mol. The van der Waals surface area contributed by atoms with Crippen molar-refractivity contribution < 1.29 is 9.57 Å². The van der Waals surface area contributed by atoms with E-state index in [2.05, 4.69) is 43.3 Å². The lowest BCUT2D eigenvalue weighted by atomic mass is 9.82. The van der Waals surface area contributed by atoms with E-state index >= 15 is 0 Å². The molecule has 1 aliphatic heterocycles. The molecule has 18 heavy (non-hydrogen) atoms. The van der Waals surface area contributed by atoms with Gasteiger partial charge in [0, 0.05) is 16.6 Å². The van der Waals surface area contributed by atoms with Crippen molar-refractivity contribution in [3.8, 4) is 0 Å². The van der Waals surface area contributed by atoms with E-state index in [9.17, 15) is 0 Å². The van der Waals surface area contributed by atoms with Crippen molar-refractivity contribution in [2.45, 2.75) is 18.7 Å². The number of hydrogen-bond donors (Lipinski definition) is 0. The number of rotatable bonds is 4. The predicted octanol–water partition coefficient (Wildman–Crippen LogP) is 3.41. The molecule has 1 aromatic carbocycles. The van der Waals surface area contributed by atoms with Crippen LogP contribution in [0.2, 0.25) is 0 Å². The molecule has 0 unspecified atom stereocenters. The molecular formula is C14H19NO2S. The average molecular weight is 265 g/mol. The maximum absolute atomic E-state index is 5.62. The Bertz CT molecular complexity index is 421. The first-order valence-electron chi connectivity index (χ1n) is 6.09. The Balaban J connectivity index is 2.08. The fourth-order valence-electron chi connectivity index (χ4n) is 1.93. The van der Waals surface area contributed by atoms with Gasteiger partial charge in [-0.1, -0.05) is 30.3 Å². The van der Waals surface area contributed by atoms with Crippen molar-refractivity contribution in [2.75, 3.05) is 19.5 Å². The van der Waals surface area contributed by atoms with Crippen molar-refractivity contribution in [3.63, 3.8) is 0 Å². The van der Waals surface area contributed by atoms with E-state index in [1.165, 1.54) is 4.90 Å². The zero-order valence-corrected chi connectivity index (χ0v) is 11.9. The van der Waals surface area contributed by atoms with Crippen molar-refractivity contribution in [1.29, 1.82) is 0 Å². The number of oxime groups is 1. The normalized spacial score (nSPS) is 29.3. The molecule has 0 radical (unpaired) electrons. The summed E-state index contributed by atoms with van der Waals surface area (Å²) in [4.78, 5) is 6.15. The highest BCUT2D eigenvalue weighted by Crippen LogP contribution is 2.40. The highest BCUT2D eigenvalue weighted by Gasteiger charge is 2.44. The Hall–Kier alpha value is -1.16. The van der Waals surface area contributed by atoms with Crippen molar-refractivity contribution in [1.82, 2.24) is 0 Å². The van der Waals surface area contributed by atoms with Crippen LogP contribution in [0.4, 0.5) is 0 Å². The summed E-state index contributed by atoms with van der Waals surface area (Å²) in [6.45, 7) is 5.11. The summed E-state index contributed by atoms with van der Waals surface area (Å²) in [5, 5.41) is 4.02. The lowest BCUT2D eigenvalue weighted by Gasteiger charge is -2.25. The molecule has 4 heteroatoms. The molecule has 1 saturated heterocycles. The molecule has 3 nitrogen and oxygen atoms in total. The van der Waals surface area contributed by atoms with Crippen LogP contribution in [0.25, 0.3) is 0 Å². The molecular weight excluding hydrogens is 246 g/mol. The van der Waals surface area contributed by atoms with E-state index in [0.29, 0.717) is 12.5 Å². The Labute approximate surface area is 113 Å². The maximum atomic E-state index is 5.62. The minimum atomic E-state index is -0.0590. The molecule has 0 aliphatic carbocycles. The summed E-state index contributed by atoms with van der Waals surface area (Å²) in [5.41, 5.74) is -0.0590. The summed E-state index contributed by atoms with van der Waals surface area (Å²) in [6, 6.07) is 10.4. The number of hydrogen-bond acceptors (Lipinski definition) is 4. The third kappa shape index (κ3) is 2.64. The van der Waals surface area contributed by atoms with Crippen molar-refractivity contribution in [3.05, 3.63) is 30.3 Å². The minimum absolute atomic E-state index is 0.0590. The molecule has 2 rings (SSSR count). The third-order valence-electron chi connectivity index (χ3n) is 3.50. The van der Waals surface area contributed by atoms with Crippen LogP contribution in [-0.2, 0) is 9.57 Å². The number of benzene rings is 1. The standard InChI is InChI=1S/C14H19NO2S/c1-11-9-17-13(15-16-3)14(11,2)10-18-12-7-5-4-6-8-12/h4-8,11H,9-10H2,1-3H3/b15-13-/t11-,14-/m1/s1. The fourth-order valence-corrected chi connectivity index (χ4v) is 3.16. The first-order chi connectivity index (χ1) is 8.66. The lowest BCUT2D eigenvalue weighted by molar-refractivity contribution is 0.194. The van der Waals surface area contributed by atoms with Gasteiger partial charge in [0.2, 0.25) is 5.90 Å². The SMILES string of the molecule is CO/N=C1\OC[C@@H](C)[C@@]1(C)CSc1ccccc1. The average Bonchev–Trinajstić information content (AvgIpc) is 2.67. The van der Waals surface area contributed by atoms with E-state index in [1.54, 1.807) is 7.11 Å². The zero-order chi connectivity index (χ0) is 13.0. The number of nitrogens with zero attached hydrogens (tertiary/aromatic N) is 1. The molecule has 98 valence electrons. The summed E-state index contributed by atoms with van der Waals surface area (Å²) in [6.07, 6.45) is 0. The number of thioether (sulfide) groups is 1.